The van der Waals surface area contributed by atoms with E-state index in [2.05, 4.69) is 19.2 Å². The molecule has 0 aromatic heterocycles. The molecule has 19 heavy (non-hydrogen) atoms. The normalized spacial score (nSPS) is 26.8. The van der Waals surface area contributed by atoms with E-state index < -0.39 is 11.6 Å². The van der Waals surface area contributed by atoms with Gasteiger partial charge in [0.25, 0.3) is 0 Å². The molecule has 1 N–H and O–H groups in total. The minimum atomic E-state index is -0.692. The number of nitriles is 1. The molecule has 1 fully saturated rings. The molecule has 102 valence electrons. The first-order valence-corrected chi connectivity index (χ1v) is 6.67. The summed E-state index contributed by atoms with van der Waals surface area (Å²) >= 11 is 0. The Bertz CT molecular complexity index is 484. The van der Waals surface area contributed by atoms with Crippen LogP contribution in [0.3, 0.4) is 0 Å². The maximum absolute atomic E-state index is 13.8. The lowest BCUT2D eigenvalue weighted by Crippen LogP contribution is -2.31. The molecule has 0 bridgehead atoms. The molecule has 1 aliphatic rings. The van der Waals surface area contributed by atoms with Crippen molar-refractivity contribution in [1.82, 2.24) is 0 Å². The Morgan fingerprint density at radius 3 is 2.32 bits per heavy atom. The van der Waals surface area contributed by atoms with Crippen LogP contribution in [0.1, 0.15) is 38.7 Å². The van der Waals surface area contributed by atoms with Crippen LogP contribution >= 0.6 is 0 Å². The number of nitrogens with one attached hydrogen (secondary N) is 1. The number of hydrogen-bond donors (Lipinski definition) is 1. The summed E-state index contributed by atoms with van der Waals surface area (Å²) in [5, 5.41) is 11.6. The van der Waals surface area contributed by atoms with E-state index in [0.29, 0.717) is 11.8 Å². The Morgan fingerprint density at radius 1 is 1.16 bits per heavy atom. The second-order valence-electron chi connectivity index (χ2n) is 5.54. The predicted octanol–water partition coefficient (Wildman–Crippen LogP) is 4.07. The lowest BCUT2D eigenvalue weighted by Gasteiger charge is -2.33. The van der Waals surface area contributed by atoms with Gasteiger partial charge in [-0.2, -0.15) is 5.26 Å². The molecule has 2 rings (SSSR count). The highest BCUT2D eigenvalue weighted by Crippen LogP contribution is 2.32. The summed E-state index contributed by atoms with van der Waals surface area (Å²) in [7, 11) is 0. The minimum absolute atomic E-state index is 0.00573. The maximum atomic E-state index is 13.8. The first-order valence-electron chi connectivity index (χ1n) is 6.67. The lowest BCUT2D eigenvalue weighted by atomic mass is 9.79. The molecule has 1 aromatic carbocycles. The zero-order chi connectivity index (χ0) is 14.0. The van der Waals surface area contributed by atoms with Gasteiger partial charge in [0, 0.05) is 6.04 Å². The van der Waals surface area contributed by atoms with Crippen molar-refractivity contribution in [3.63, 3.8) is 0 Å². The van der Waals surface area contributed by atoms with E-state index in [1.165, 1.54) is 0 Å². The highest BCUT2D eigenvalue weighted by molar-refractivity contribution is 5.51. The summed E-state index contributed by atoms with van der Waals surface area (Å²) in [6.45, 7) is 4.38. The number of nitrogens with zero attached hydrogens (tertiary/aromatic N) is 1. The van der Waals surface area contributed by atoms with Crippen molar-refractivity contribution in [3.05, 3.63) is 29.3 Å². The molecule has 4 heteroatoms. The van der Waals surface area contributed by atoms with Crippen molar-refractivity contribution in [3.8, 4) is 6.07 Å². The average molecular weight is 264 g/mol. The molecule has 1 aromatic rings. The van der Waals surface area contributed by atoms with Crippen LogP contribution in [0, 0.1) is 34.8 Å². The molecular weight excluding hydrogens is 246 g/mol. The van der Waals surface area contributed by atoms with Crippen LogP contribution in [0.15, 0.2) is 12.1 Å². The highest BCUT2D eigenvalue weighted by Gasteiger charge is 2.25. The van der Waals surface area contributed by atoms with Crippen LogP contribution in [0.5, 0.6) is 0 Å². The monoisotopic (exact) mass is 264 g/mol. The first-order chi connectivity index (χ1) is 9.01. The summed E-state index contributed by atoms with van der Waals surface area (Å²) < 4.78 is 27.5. The van der Waals surface area contributed by atoms with Gasteiger partial charge >= 0.3 is 0 Å². The van der Waals surface area contributed by atoms with Crippen LogP contribution in [-0.4, -0.2) is 6.04 Å². The molecule has 0 spiro atoms. The fourth-order valence-corrected chi connectivity index (χ4v) is 2.66. The maximum Gasteiger partial charge on any atom is 0.150 e. The van der Waals surface area contributed by atoms with Gasteiger partial charge in [0.05, 0.1) is 11.6 Å². The number of anilines is 1. The quantitative estimate of drug-likeness (QED) is 0.873. The Labute approximate surface area is 112 Å². The fraction of sp³-hybridized carbons (Fsp3) is 0.533. The molecule has 3 unspecified atom stereocenters. The Kier molecular flexibility index (Phi) is 4.04. The van der Waals surface area contributed by atoms with Gasteiger partial charge in [-0.05, 0) is 43.2 Å². The van der Waals surface area contributed by atoms with Gasteiger partial charge in [-0.15, -0.1) is 0 Å². The third-order valence-corrected chi connectivity index (χ3v) is 4.12. The summed E-state index contributed by atoms with van der Waals surface area (Å²) in [4.78, 5) is 0. The van der Waals surface area contributed by atoms with E-state index in [-0.39, 0.29) is 17.3 Å². The average Bonchev–Trinajstić information content (AvgIpc) is 2.37. The van der Waals surface area contributed by atoms with E-state index in [4.69, 9.17) is 5.26 Å². The Balaban J connectivity index is 2.14. The molecule has 0 heterocycles. The van der Waals surface area contributed by atoms with Crippen LogP contribution in [-0.2, 0) is 0 Å². The summed E-state index contributed by atoms with van der Waals surface area (Å²) in [6.07, 6.45) is 2.91. The van der Waals surface area contributed by atoms with E-state index in [9.17, 15) is 8.78 Å². The molecule has 0 aliphatic heterocycles. The predicted molar refractivity (Wildman–Crippen MR) is 70.7 cm³/mol. The van der Waals surface area contributed by atoms with Gasteiger partial charge in [0.15, 0.2) is 11.6 Å². The van der Waals surface area contributed by atoms with Crippen molar-refractivity contribution in [1.29, 1.82) is 5.26 Å². The molecule has 3 atom stereocenters. The third-order valence-electron chi connectivity index (χ3n) is 4.12. The van der Waals surface area contributed by atoms with Gasteiger partial charge in [-0.25, -0.2) is 8.78 Å². The van der Waals surface area contributed by atoms with Crippen molar-refractivity contribution in [2.75, 3.05) is 5.32 Å². The Morgan fingerprint density at radius 2 is 1.79 bits per heavy atom. The zero-order valence-corrected chi connectivity index (χ0v) is 11.2. The number of hydrogen-bond acceptors (Lipinski definition) is 2. The minimum Gasteiger partial charge on any atom is -0.378 e. The van der Waals surface area contributed by atoms with Crippen LogP contribution in [0.4, 0.5) is 14.5 Å². The van der Waals surface area contributed by atoms with Crippen molar-refractivity contribution < 1.29 is 8.78 Å². The van der Waals surface area contributed by atoms with E-state index >= 15 is 0 Å². The molecule has 1 saturated carbocycles. The summed E-state index contributed by atoms with van der Waals surface area (Å²) in [6, 6.07) is 3.98. The van der Waals surface area contributed by atoms with Crippen LogP contribution in [0.2, 0.25) is 0 Å². The van der Waals surface area contributed by atoms with Gasteiger partial charge in [0.2, 0.25) is 0 Å². The van der Waals surface area contributed by atoms with Crippen LogP contribution in [0.25, 0.3) is 0 Å². The van der Waals surface area contributed by atoms with Gasteiger partial charge < -0.3 is 5.32 Å². The van der Waals surface area contributed by atoms with Crippen molar-refractivity contribution in [2.24, 2.45) is 11.8 Å². The van der Waals surface area contributed by atoms with E-state index in [1.807, 2.05) is 0 Å². The molecule has 0 amide bonds. The molecular formula is C15H18F2N2. The largest absolute Gasteiger partial charge is 0.378 e. The smallest absolute Gasteiger partial charge is 0.150 e. The highest BCUT2D eigenvalue weighted by atomic mass is 19.1. The summed E-state index contributed by atoms with van der Waals surface area (Å²) in [5.41, 5.74) is -0.100. The van der Waals surface area contributed by atoms with Crippen molar-refractivity contribution in [2.45, 2.75) is 39.2 Å². The number of halogens is 2. The molecule has 0 saturated heterocycles. The second kappa shape index (κ2) is 5.56. The zero-order valence-electron chi connectivity index (χ0n) is 11.2. The van der Waals surface area contributed by atoms with Crippen molar-refractivity contribution >= 4 is 5.69 Å². The SMILES string of the molecule is CC1CCC(Nc2c(F)cc(C#N)cc2F)CC1C. The van der Waals surface area contributed by atoms with Gasteiger partial charge in [-0.1, -0.05) is 13.8 Å². The van der Waals surface area contributed by atoms with Crippen LogP contribution < -0.4 is 5.32 Å². The van der Waals surface area contributed by atoms with E-state index in [1.54, 1.807) is 6.07 Å². The Hall–Kier alpha value is -1.63. The third kappa shape index (κ3) is 3.04. The second-order valence-corrected chi connectivity index (χ2v) is 5.54. The lowest BCUT2D eigenvalue weighted by molar-refractivity contribution is 0.260. The molecule has 2 nitrogen and oxygen atoms in total. The standard InChI is InChI=1S/C15H18F2N2/c1-9-3-4-12(5-10(9)2)19-15-13(16)6-11(8-18)7-14(15)17/h6-7,9-10,12,19H,3-5H2,1-2H3. The van der Waals surface area contributed by atoms with E-state index in [0.717, 1.165) is 31.4 Å². The molecule has 1 aliphatic carbocycles. The number of rotatable bonds is 2. The van der Waals surface area contributed by atoms with Gasteiger partial charge in [0.1, 0.15) is 5.69 Å². The first kappa shape index (κ1) is 13.8. The molecule has 0 radical (unpaired) electrons. The topological polar surface area (TPSA) is 35.8 Å². The summed E-state index contributed by atoms with van der Waals surface area (Å²) in [5.74, 6) is -0.171. The number of benzene rings is 1. The fourth-order valence-electron chi connectivity index (χ4n) is 2.66. The van der Waals surface area contributed by atoms with Gasteiger partial charge in [-0.3, -0.25) is 0 Å².